The number of anilines is 1. The normalized spacial score (nSPS) is 10.7. The van der Waals surface area contributed by atoms with E-state index in [-0.39, 0.29) is 5.82 Å². The van der Waals surface area contributed by atoms with Crippen molar-refractivity contribution in [3.63, 3.8) is 0 Å². The summed E-state index contributed by atoms with van der Waals surface area (Å²) >= 11 is 0. The second-order valence-corrected chi connectivity index (χ2v) is 4.57. The van der Waals surface area contributed by atoms with Crippen molar-refractivity contribution >= 4 is 5.69 Å². The molecule has 0 saturated heterocycles. The summed E-state index contributed by atoms with van der Waals surface area (Å²) in [5.74, 6) is -0.317. The predicted molar refractivity (Wildman–Crippen MR) is 75.9 cm³/mol. The minimum Gasteiger partial charge on any atom is -0.399 e. The monoisotopic (exact) mass is 268 g/mol. The summed E-state index contributed by atoms with van der Waals surface area (Å²) in [6.45, 7) is 1.87. The first kappa shape index (κ1) is 12.3. The van der Waals surface area contributed by atoms with E-state index < -0.39 is 0 Å². The summed E-state index contributed by atoms with van der Waals surface area (Å²) in [7, 11) is 0. The molecule has 0 unspecified atom stereocenters. The van der Waals surface area contributed by atoms with Crippen molar-refractivity contribution in [1.82, 2.24) is 15.0 Å². The molecule has 0 aliphatic rings. The van der Waals surface area contributed by atoms with Gasteiger partial charge in [0.15, 0.2) is 0 Å². The summed E-state index contributed by atoms with van der Waals surface area (Å²) in [6.07, 6.45) is 1.63. The van der Waals surface area contributed by atoms with Crippen molar-refractivity contribution in [3.05, 3.63) is 60.2 Å². The van der Waals surface area contributed by atoms with E-state index >= 15 is 0 Å². The van der Waals surface area contributed by atoms with Gasteiger partial charge in [-0.1, -0.05) is 17.3 Å². The van der Waals surface area contributed by atoms with E-state index in [9.17, 15) is 4.39 Å². The highest BCUT2D eigenvalue weighted by Gasteiger charge is 2.11. The average molecular weight is 268 g/mol. The van der Waals surface area contributed by atoms with Gasteiger partial charge in [0.05, 0.1) is 17.6 Å². The van der Waals surface area contributed by atoms with Crippen molar-refractivity contribution < 1.29 is 4.39 Å². The van der Waals surface area contributed by atoms with Crippen molar-refractivity contribution in [2.45, 2.75) is 6.92 Å². The summed E-state index contributed by atoms with van der Waals surface area (Å²) in [4.78, 5) is 0. The predicted octanol–water partition coefficient (Wildman–Crippen LogP) is 2.96. The average Bonchev–Trinajstić information content (AvgIpc) is 2.85. The van der Waals surface area contributed by atoms with Crippen molar-refractivity contribution in [2.75, 3.05) is 5.73 Å². The first-order chi connectivity index (χ1) is 9.65. The molecule has 0 amide bonds. The molecule has 0 saturated carbocycles. The number of aromatic nitrogens is 3. The lowest BCUT2D eigenvalue weighted by Crippen LogP contribution is -2.02. The highest BCUT2D eigenvalue weighted by Crippen LogP contribution is 2.28. The van der Waals surface area contributed by atoms with Crippen LogP contribution < -0.4 is 5.73 Å². The lowest BCUT2D eigenvalue weighted by Gasteiger charge is -2.11. The fourth-order valence-corrected chi connectivity index (χ4v) is 2.15. The summed E-state index contributed by atoms with van der Waals surface area (Å²) in [6, 6.07) is 12.1. The van der Waals surface area contributed by atoms with Crippen LogP contribution in [0.3, 0.4) is 0 Å². The second kappa shape index (κ2) is 4.77. The van der Waals surface area contributed by atoms with Gasteiger partial charge in [0.1, 0.15) is 5.82 Å². The van der Waals surface area contributed by atoms with E-state index in [4.69, 9.17) is 5.73 Å². The first-order valence-electron chi connectivity index (χ1n) is 6.18. The van der Waals surface area contributed by atoms with Gasteiger partial charge in [-0.15, -0.1) is 5.10 Å². The van der Waals surface area contributed by atoms with Gasteiger partial charge in [-0.3, -0.25) is 0 Å². The smallest absolute Gasteiger partial charge is 0.125 e. The lowest BCUT2D eigenvalue weighted by atomic mass is 10.0. The van der Waals surface area contributed by atoms with Gasteiger partial charge in [-0.05, 0) is 36.8 Å². The molecule has 100 valence electrons. The molecule has 3 aromatic rings. The molecular formula is C15H13FN4. The topological polar surface area (TPSA) is 56.7 Å². The maximum atomic E-state index is 13.6. The molecule has 3 rings (SSSR count). The summed E-state index contributed by atoms with van der Waals surface area (Å²) in [5, 5.41) is 7.85. The molecule has 0 aliphatic heterocycles. The van der Waals surface area contributed by atoms with Gasteiger partial charge in [-0.2, -0.15) is 0 Å². The molecule has 0 spiro atoms. The highest BCUT2D eigenvalue weighted by atomic mass is 19.1. The van der Waals surface area contributed by atoms with Gasteiger partial charge in [0.25, 0.3) is 0 Å². The van der Waals surface area contributed by atoms with Crippen LogP contribution in [0.25, 0.3) is 16.8 Å². The van der Waals surface area contributed by atoms with Gasteiger partial charge in [-0.25, -0.2) is 9.07 Å². The van der Waals surface area contributed by atoms with Crippen LogP contribution in [0.2, 0.25) is 0 Å². The van der Waals surface area contributed by atoms with E-state index in [1.165, 1.54) is 12.1 Å². The number of rotatable bonds is 2. The van der Waals surface area contributed by atoms with Gasteiger partial charge >= 0.3 is 0 Å². The van der Waals surface area contributed by atoms with E-state index in [0.29, 0.717) is 11.4 Å². The number of halogens is 1. The summed E-state index contributed by atoms with van der Waals surface area (Å²) < 4.78 is 15.2. The Kier molecular flexibility index (Phi) is 2.95. The van der Waals surface area contributed by atoms with Crippen LogP contribution in [0.4, 0.5) is 10.1 Å². The quantitative estimate of drug-likeness (QED) is 0.727. The van der Waals surface area contributed by atoms with Crippen LogP contribution in [0.5, 0.6) is 0 Å². The molecule has 4 nitrogen and oxygen atoms in total. The maximum Gasteiger partial charge on any atom is 0.125 e. The number of hydrogen-bond acceptors (Lipinski definition) is 3. The molecule has 0 fully saturated rings. The third-order valence-corrected chi connectivity index (χ3v) is 3.11. The number of nitrogens with two attached hydrogens (primary N) is 1. The highest BCUT2D eigenvalue weighted by molar-refractivity contribution is 5.75. The molecule has 2 N–H and O–H groups in total. The van der Waals surface area contributed by atoms with Gasteiger partial charge in [0.2, 0.25) is 0 Å². The maximum absolute atomic E-state index is 13.6. The molecule has 2 aromatic carbocycles. The Labute approximate surface area is 115 Å². The Morgan fingerprint density at radius 3 is 2.70 bits per heavy atom. The zero-order valence-corrected chi connectivity index (χ0v) is 10.9. The Bertz CT molecular complexity index is 764. The number of benzene rings is 2. The van der Waals surface area contributed by atoms with Crippen LogP contribution in [-0.2, 0) is 0 Å². The molecule has 1 heterocycles. The third-order valence-electron chi connectivity index (χ3n) is 3.11. The van der Waals surface area contributed by atoms with Crippen LogP contribution in [-0.4, -0.2) is 15.0 Å². The molecule has 0 bridgehead atoms. The standard InChI is InChI=1S/C15H13FN4/c1-10-9-18-19-20(10)15-8-12(16)5-6-14(15)11-3-2-4-13(17)7-11/h2-9H,17H2,1H3. The molecular weight excluding hydrogens is 255 g/mol. The molecule has 1 aromatic heterocycles. The van der Waals surface area contributed by atoms with Crippen molar-refractivity contribution in [2.24, 2.45) is 0 Å². The van der Waals surface area contributed by atoms with E-state index in [1.54, 1.807) is 16.9 Å². The number of nitrogens with zero attached hydrogens (tertiary/aromatic N) is 3. The zero-order valence-electron chi connectivity index (χ0n) is 10.9. The minimum atomic E-state index is -0.317. The van der Waals surface area contributed by atoms with Gasteiger partial charge < -0.3 is 5.73 Å². The van der Waals surface area contributed by atoms with Crippen molar-refractivity contribution in [1.29, 1.82) is 0 Å². The fourth-order valence-electron chi connectivity index (χ4n) is 2.15. The van der Waals surface area contributed by atoms with Crippen molar-refractivity contribution in [3.8, 4) is 16.8 Å². The van der Waals surface area contributed by atoms with Crippen LogP contribution >= 0.6 is 0 Å². The molecule has 0 radical (unpaired) electrons. The Morgan fingerprint density at radius 2 is 2.00 bits per heavy atom. The molecule has 5 heteroatoms. The molecule has 0 aliphatic carbocycles. The van der Waals surface area contributed by atoms with Crippen LogP contribution in [0.1, 0.15) is 5.69 Å². The van der Waals surface area contributed by atoms with E-state index in [0.717, 1.165) is 16.8 Å². The molecule has 20 heavy (non-hydrogen) atoms. The zero-order chi connectivity index (χ0) is 14.1. The van der Waals surface area contributed by atoms with Crippen LogP contribution in [0.15, 0.2) is 48.7 Å². The van der Waals surface area contributed by atoms with Gasteiger partial charge in [0, 0.05) is 17.3 Å². The first-order valence-corrected chi connectivity index (χ1v) is 6.18. The Morgan fingerprint density at radius 1 is 1.15 bits per heavy atom. The number of hydrogen-bond donors (Lipinski definition) is 1. The third kappa shape index (κ3) is 2.14. The minimum absolute atomic E-state index is 0.317. The number of nitrogen functional groups attached to an aromatic ring is 1. The number of aryl methyl sites for hydroxylation is 1. The largest absolute Gasteiger partial charge is 0.399 e. The SMILES string of the molecule is Cc1cnnn1-c1cc(F)ccc1-c1cccc(N)c1. The van der Waals surface area contributed by atoms with Crippen LogP contribution in [0, 0.1) is 12.7 Å². The second-order valence-electron chi connectivity index (χ2n) is 4.57. The lowest BCUT2D eigenvalue weighted by molar-refractivity contribution is 0.624. The summed E-state index contributed by atoms with van der Waals surface area (Å²) in [5.41, 5.74) is 9.72. The molecule has 0 atom stereocenters. The Hall–Kier alpha value is -2.69. The Balaban J connectivity index is 2.24. The fraction of sp³-hybridized carbons (Fsp3) is 0.0667. The van der Waals surface area contributed by atoms with E-state index in [2.05, 4.69) is 10.3 Å². The van der Waals surface area contributed by atoms with E-state index in [1.807, 2.05) is 31.2 Å².